The summed E-state index contributed by atoms with van der Waals surface area (Å²) in [5.74, 6) is 0.895. The first-order valence-electron chi connectivity index (χ1n) is 5.52. The van der Waals surface area contributed by atoms with E-state index in [9.17, 15) is 0 Å². The molecule has 0 aliphatic heterocycles. The number of halogens is 1. The molecule has 15 heavy (non-hydrogen) atoms. The van der Waals surface area contributed by atoms with Gasteiger partial charge in [0.15, 0.2) is 0 Å². The summed E-state index contributed by atoms with van der Waals surface area (Å²) in [6, 6.07) is 4.18. The highest BCUT2D eigenvalue weighted by molar-refractivity contribution is 9.10. The molecule has 0 amide bonds. The van der Waals surface area contributed by atoms with Gasteiger partial charge in [0.25, 0.3) is 0 Å². The van der Waals surface area contributed by atoms with Gasteiger partial charge in [-0.1, -0.05) is 19.8 Å². The van der Waals surface area contributed by atoms with Gasteiger partial charge in [0.1, 0.15) is 0 Å². The molecule has 82 valence electrons. The van der Waals surface area contributed by atoms with Crippen molar-refractivity contribution in [2.45, 2.75) is 42.9 Å². The zero-order valence-corrected chi connectivity index (χ0v) is 11.4. The Kier molecular flexibility index (Phi) is 4.09. The molecule has 2 unspecified atom stereocenters. The predicted molar refractivity (Wildman–Crippen MR) is 69.2 cm³/mol. The second kappa shape index (κ2) is 5.35. The maximum Gasteiger partial charge on any atom is 0.0963 e. The molecule has 1 aromatic heterocycles. The van der Waals surface area contributed by atoms with Gasteiger partial charge in [0, 0.05) is 15.9 Å². The monoisotopic (exact) mass is 285 g/mol. The molecule has 1 aromatic rings. The van der Waals surface area contributed by atoms with Crippen LogP contribution in [0.2, 0.25) is 0 Å². The summed E-state index contributed by atoms with van der Waals surface area (Å²) in [6.07, 6.45) is 7.38. The standard InChI is InChI=1S/C12H16BrNS/c1-9-3-2-4-11(7-9)15-12-6-5-10(13)8-14-12/h5-6,8-9,11H,2-4,7H2,1H3. The van der Waals surface area contributed by atoms with Crippen molar-refractivity contribution in [3.63, 3.8) is 0 Å². The number of thioether (sulfide) groups is 1. The molecule has 0 N–H and O–H groups in total. The van der Waals surface area contributed by atoms with E-state index in [-0.39, 0.29) is 0 Å². The fraction of sp³-hybridized carbons (Fsp3) is 0.583. The Morgan fingerprint density at radius 2 is 2.27 bits per heavy atom. The van der Waals surface area contributed by atoms with E-state index in [0.717, 1.165) is 20.7 Å². The molecule has 1 nitrogen and oxygen atoms in total. The summed E-state index contributed by atoms with van der Waals surface area (Å²) in [7, 11) is 0. The second-order valence-corrected chi connectivity index (χ2v) is 6.56. The van der Waals surface area contributed by atoms with Crippen LogP contribution in [0.15, 0.2) is 27.8 Å². The molecule has 1 aliphatic rings. The average molecular weight is 286 g/mol. The summed E-state index contributed by atoms with van der Waals surface area (Å²) in [4.78, 5) is 4.41. The minimum absolute atomic E-state index is 0.780. The molecule has 2 rings (SSSR count). The lowest BCUT2D eigenvalue weighted by Gasteiger charge is -2.25. The van der Waals surface area contributed by atoms with Crippen LogP contribution in [0.5, 0.6) is 0 Å². The summed E-state index contributed by atoms with van der Waals surface area (Å²) in [5.41, 5.74) is 0. The maximum atomic E-state index is 4.41. The Bertz CT molecular complexity index is 312. The van der Waals surface area contributed by atoms with Gasteiger partial charge in [-0.15, -0.1) is 11.8 Å². The van der Waals surface area contributed by atoms with Crippen LogP contribution >= 0.6 is 27.7 Å². The van der Waals surface area contributed by atoms with E-state index in [1.807, 2.05) is 18.0 Å². The van der Waals surface area contributed by atoms with Crippen molar-refractivity contribution in [3.05, 3.63) is 22.8 Å². The molecule has 1 aliphatic carbocycles. The molecular formula is C12H16BrNS. The van der Waals surface area contributed by atoms with Crippen molar-refractivity contribution in [2.24, 2.45) is 5.92 Å². The number of hydrogen-bond donors (Lipinski definition) is 0. The first kappa shape index (κ1) is 11.5. The van der Waals surface area contributed by atoms with E-state index < -0.39 is 0 Å². The Morgan fingerprint density at radius 1 is 1.40 bits per heavy atom. The third-order valence-corrected chi connectivity index (χ3v) is 4.59. The summed E-state index contributed by atoms with van der Waals surface area (Å²) in [5, 5.41) is 1.94. The first-order valence-corrected chi connectivity index (χ1v) is 7.19. The molecule has 0 bridgehead atoms. The Labute approximate surface area is 104 Å². The molecular weight excluding hydrogens is 270 g/mol. The lowest BCUT2D eigenvalue weighted by atomic mass is 9.91. The van der Waals surface area contributed by atoms with Crippen molar-refractivity contribution >= 4 is 27.7 Å². The van der Waals surface area contributed by atoms with E-state index in [0.29, 0.717) is 0 Å². The summed E-state index contributed by atoms with van der Waals surface area (Å²) < 4.78 is 1.06. The van der Waals surface area contributed by atoms with Gasteiger partial charge >= 0.3 is 0 Å². The van der Waals surface area contributed by atoms with Crippen molar-refractivity contribution < 1.29 is 0 Å². The second-order valence-electron chi connectivity index (χ2n) is 4.33. The quantitative estimate of drug-likeness (QED) is 0.793. The molecule has 1 heterocycles. The minimum atomic E-state index is 0.780. The Balaban J connectivity index is 1.93. The molecule has 0 radical (unpaired) electrons. The van der Waals surface area contributed by atoms with Crippen molar-refractivity contribution in [2.75, 3.05) is 0 Å². The van der Waals surface area contributed by atoms with Crippen LogP contribution in [0.3, 0.4) is 0 Å². The smallest absolute Gasteiger partial charge is 0.0963 e. The van der Waals surface area contributed by atoms with Gasteiger partial charge in [-0.2, -0.15) is 0 Å². The normalized spacial score (nSPS) is 26.5. The topological polar surface area (TPSA) is 12.9 Å². The number of nitrogens with zero attached hydrogens (tertiary/aromatic N) is 1. The Hall–Kier alpha value is -0.0200. The van der Waals surface area contributed by atoms with Crippen LogP contribution in [-0.4, -0.2) is 10.2 Å². The third-order valence-electron chi connectivity index (χ3n) is 2.88. The minimum Gasteiger partial charge on any atom is -0.249 e. The van der Waals surface area contributed by atoms with Crippen LogP contribution < -0.4 is 0 Å². The average Bonchev–Trinajstić information content (AvgIpc) is 2.22. The van der Waals surface area contributed by atoms with Crippen molar-refractivity contribution in [3.8, 4) is 0 Å². The fourth-order valence-electron chi connectivity index (χ4n) is 2.09. The SMILES string of the molecule is CC1CCCC(Sc2ccc(Br)cn2)C1. The number of aromatic nitrogens is 1. The number of pyridine rings is 1. The van der Waals surface area contributed by atoms with Crippen LogP contribution in [0, 0.1) is 5.92 Å². The van der Waals surface area contributed by atoms with E-state index in [2.05, 4.69) is 40.0 Å². The summed E-state index contributed by atoms with van der Waals surface area (Å²) in [6.45, 7) is 2.36. The molecule has 2 atom stereocenters. The van der Waals surface area contributed by atoms with E-state index in [1.54, 1.807) is 0 Å². The highest BCUT2D eigenvalue weighted by Crippen LogP contribution is 2.35. The lowest BCUT2D eigenvalue weighted by molar-refractivity contribution is 0.394. The van der Waals surface area contributed by atoms with Gasteiger partial charge in [0.05, 0.1) is 5.03 Å². The van der Waals surface area contributed by atoms with Crippen LogP contribution in [0.4, 0.5) is 0 Å². The van der Waals surface area contributed by atoms with Crippen LogP contribution in [0.1, 0.15) is 32.6 Å². The van der Waals surface area contributed by atoms with E-state index in [1.165, 1.54) is 25.7 Å². The highest BCUT2D eigenvalue weighted by atomic mass is 79.9. The zero-order valence-electron chi connectivity index (χ0n) is 8.95. The predicted octanol–water partition coefficient (Wildman–Crippen LogP) is 4.51. The van der Waals surface area contributed by atoms with Gasteiger partial charge in [-0.05, 0) is 46.8 Å². The molecule has 1 fully saturated rings. The van der Waals surface area contributed by atoms with Crippen LogP contribution in [-0.2, 0) is 0 Å². The number of rotatable bonds is 2. The van der Waals surface area contributed by atoms with Crippen LogP contribution in [0.25, 0.3) is 0 Å². The van der Waals surface area contributed by atoms with Crippen molar-refractivity contribution in [1.29, 1.82) is 0 Å². The maximum absolute atomic E-state index is 4.41. The molecule has 0 aromatic carbocycles. The molecule has 0 saturated heterocycles. The first-order chi connectivity index (χ1) is 7.24. The van der Waals surface area contributed by atoms with E-state index in [4.69, 9.17) is 0 Å². The van der Waals surface area contributed by atoms with Gasteiger partial charge in [-0.25, -0.2) is 4.98 Å². The van der Waals surface area contributed by atoms with Gasteiger partial charge in [0.2, 0.25) is 0 Å². The molecule has 1 saturated carbocycles. The highest BCUT2D eigenvalue weighted by Gasteiger charge is 2.19. The summed E-state index contributed by atoms with van der Waals surface area (Å²) >= 11 is 5.35. The third kappa shape index (κ3) is 3.49. The van der Waals surface area contributed by atoms with Crippen molar-refractivity contribution in [1.82, 2.24) is 4.98 Å². The zero-order chi connectivity index (χ0) is 10.7. The Morgan fingerprint density at radius 3 is 2.93 bits per heavy atom. The van der Waals surface area contributed by atoms with E-state index >= 15 is 0 Å². The molecule has 0 spiro atoms. The lowest BCUT2D eigenvalue weighted by Crippen LogP contribution is -2.14. The number of hydrogen-bond acceptors (Lipinski definition) is 2. The van der Waals surface area contributed by atoms with Gasteiger partial charge in [-0.3, -0.25) is 0 Å². The largest absolute Gasteiger partial charge is 0.249 e. The fourth-order valence-corrected chi connectivity index (χ4v) is 3.63. The van der Waals surface area contributed by atoms with Gasteiger partial charge < -0.3 is 0 Å². The molecule has 3 heteroatoms.